The third-order valence-electron chi connectivity index (χ3n) is 7.11. The van der Waals surface area contributed by atoms with Crippen LogP contribution in [0.15, 0.2) is 48.5 Å². The quantitative estimate of drug-likeness (QED) is 0.661. The molecule has 0 aromatic heterocycles. The van der Waals surface area contributed by atoms with E-state index >= 15 is 0 Å². The van der Waals surface area contributed by atoms with Crippen molar-refractivity contribution >= 4 is 5.78 Å². The van der Waals surface area contributed by atoms with Gasteiger partial charge in [-0.15, -0.1) is 0 Å². The van der Waals surface area contributed by atoms with Gasteiger partial charge in [-0.05, 0) is 75.5 Å². The van der Waals surface area contributed by atoms with Gasteiger partial charge in [-0.3, -0.25) is 9.69 Å². The van der Waals surface area contributed by atoms with Crippen molar-refractivity contribution in [2.75, 3.05) is 39.5 Å². The smallest absolute Gasteiger partial charge is 0.231 e. The zero-order valence-corrected chi connectivity index (χ0v) is 18.2. The van der Waals surface area contributed by atoms with Crippen molar-refractivity contribution in [1.29, 1.82) is 0 Å². The SMILES string of the molecule is O=C(c1ccc2c(c1)OCO2)[C@@H]1CCCN(C2CCN(CCc3ccccc3)CC2)C1. The van der Waals surface area contributed by atoms with E-state index in [1.165, 1.54) is 18.4 Å². The average Bonchev–Trinajstić information content (AvgIpc) is 3.31. The van der Waals surface area contributed by atoms with Crippen molar-refractivity contribution < 1.29 is 14.3 Å². The van der Waals surface area contributed by atoms with Gasteiger partial charge in [0.2, 0.25) is 6.79 Å². The van der Waals surface area contributed by atoms with Crippen molar-refractivity contribution in [2.45, 2.75) is 38.1 Å². The van der Waals surface area contributed by atoms with Gasteiger partial charge in [0.1, 0.15) is 0 Å². The fourth-order valence-electron chi connectivity index (χ4n) is 5.28. The number of ketones is 1. The summed E-state index contributed by atoms with van der Waals surface area (Å²) >= 11 is 0. The van der Waals surface area contributed by atoms with Crippen LogP contribution < -0.4 is 9.47 Å². The van der Waals surface area contributed by atoms with Crippen LogP contribution in [0, 0.1) is 5.92 Å². The Kier molecular flexibility index (Phi) is 6.23. The standard InChI is InChI=1S/C26H32N2O3/c29-26(21-8-9-24-25(17-21)31-19-30-24)22-7-4-13-28(18-22)23-11-15-27(16-12-23)14-10-20-5-2-1-3-6-20/h1-3,5-6,8-9,17,22-23H,4,7,10-16,18-19H2/t22-/m1/s1. The first-order valence-corrected chi connectivity index (χ1v) is 11.7. The second-order valence-corrected chi connectivity index (χ2v) is 9.07. The summed E-state index contributed by atoms with van der Waals surface area (Å²) in [4.78, 5) is 18.4. The largest absolute Gasteiger partial charge is 0.454 e. The zero-order chi connectivity index (χ0) is 21.0. The van der Waals surface area contributed by atoms with Gasteiger partial charge in [0.25, 0.3) is 0 Å². The molecule has 5 heteroatoms. The molecule has 5 rings (SSSR count). The Labute approximate surface area is 184 Å². The van der Waals surface area contributed by atoms with E-state index in [-0.39, 0.29) is 18.5 Å². The molecular weight excluding hydrogens is 388 g/mol. The highest BCUT2D eigenvalue weighted by Crippen LogP contribution is 2.34. The number of likely N-dealkylation sites (tertiary alicyclic amines) is 2. The summed E-state index contributed by atoms with van der Waals surface area (Å²) in [7, 11) is 0. The first-order valence-electron chi connectivity index (χ1n) is 11.7. The lowest BCUT2D eigenvalue weighted by molar-refractivity contribution is 0.0598. The maximum Gasteiger partial charge on any atom is 0.231 e. The molecule has 2 aromatic rings. The summed E-state index contributed by atoms with van der Waals surface area (Å²) in [5.41, 5.74) is 2.18. The van der Waals surface area contributed by atoms with Gasteiger partial charge >= 0.3 is 0 Å². The number of rotatable bonds is 6. The molecule has 2 aromatic carbocycles. The highest BCUT2D eigenvalue weighted by molar-refractivity contribution is 5.98. The van der Waals surface area contributed by atoms with Gasteiger partial charge in [-0.1, -0.05) is 30.3 Å². The third-order valence-corrected chi connectivity index (χ3v) is 7.11. The minimum Gasteiger partial charge on any atom is -0.454 e. The number of hydrogen-bond donors (Lipinski definition) is 0. The van der Waals surface area contributed by atoms with Crippen LogP contribution in [-0.4, -0.2) is 61.1 Å². The lowest BCUT2D eigenvalue weighted by Gasteiger charge is -2.42. The van der Waals surface area contributed by atoms with Crippen LogP contribution in [0.4, 0.5) is 0 Å². The van der Waals surface area contributed by atoms with Crippen LogP contribution >= 0.6 is 0 Å². The number of hydrogen-bond acceptors (Lipinski definition) is 5. The minimum atomic E-state index is 0.0882. The molecule has 0 bridgehead atoms. The fourth-order valence-corrected chi connectivity index (χ4v) is 5.28. The molecule has 0 spiro atoms. The highest BCUT2D eigenvalue weighted by atomic mass is 16.7. The zero-order valence-electron chi connectivity index (χ0n) is 18.2. The Morgan fingerprint density at radius 2 is 1.74 bits per heavy atom. The molecule has 5 nitrogen and oxygen atoms in total. The molecule has 0 unspecified atom stereocenters. The third kappa shape index (κ3) is 4.78. The van der Waals surface area contributed by atoms with Gasteiger partial charge in [0.15, 0.2) is 17.3 Å². The molecule has 0 amide bonds. The Balaban J connectivity index is 1.13. The van der Waals surface area contributed by atoms with E-state index in [1.807, 2.05) is 18.2 Å². The van der Waals surface area contributed by atoms with E-state index in [0.29, 0.717) is 11.8 Å². The first kappa shape index (κ1) is 20.5. The van der Waals surface area contributed by atoms with Crippen LogP contribution in [-0.2, 0) is 6.42 Å². The van der Waals surface area contributed by atoms with Crippen molar-refractivity contribution in [3.8, 4) is 11.5 Å². The first-order chi connectivity index (χ1) is 15.3. The number of ether oxygens (including phenoxy) is 2. The monoisotopic (exact) mass is 420 g/mol. The molecule has 0 aliphatic carbocycles. The van der Waals surface area contributed by atoms with E-state index in [2.05, 4.69) is 40.1 Å². The molecule has 2 fully saturated rings. The molecule has 31 heavy (non-hydrogen) atoms. The maximum absolute atomic E-state index is 13.2. The van der Waals surface area contributed by atoms with Crippen molar-refractivity contribution in [2.24, 2.45) is 5.92 Å². The predicted molar refractivity (Wildman–Crippen MR) is 121 cm³/mol. The second kappa shape index (κ2) is 9.41. The Bertz CT molecular complexity index is 893. The van der Waals surface area contributed by atoms with E-state index in [9.17, 15) is 4.79 Å². The number of Topliss-reactive ketones (excluding diaryl/α,β-unsaturated/α-hetero) is 1. The molecule has 3 aliphatic rings. The number of benzene rings is 2. The molecule has 3 aliphatic heterocycles. The molecule has 0 N–H and O–H groups in total. The van der Waals surface area contributed by atoms with Gasteiger partial charge in [0.05, 0.1) is 0 Å². The lowest BCUT2D eigenvalue weighted by atomic mass is 9.88. The fraction of sp³-hybridized carbons (Fsp3) is 0.500. The van der Waals surface area contributed by atoms with Gasteiger partial charge in [-0.2, -0.15) is 0 Å². The normalized spacial score (nSPS) is 22.5. The Morgan fingerprint density at radius 3 is 2.58 bits per heavy atom. The predicted octanol–water partition coefficient (Wildman–Crippen LogP) is 4.02. The summed E-state index contributed by atoms with van der Waals surface area (Å²) in [6, 6.07) is 17.0. The van der Waals surface area contributed by atoms with E-state index in [0.717, 1.165) is 63.3 Å². The van der Waals surface area contributed by atoms with E-state index < -0.39 is 0 Å². The molecule has 1 atom stereocenters. The van der Waals surface area contributed by atoms with Crippen LogP contribution in [0.25, 0.3) is 0 Å². The van der Waals surface area contributed by atoms with Crippen molar-refractivity contribution in [3.63, 3.8) is 0 Å². The number of nitrogens with zero attached hydrogens (tertiary/aromatic N) is 2. The second-order valence-electron chi connectivity index (χ2n) is 9.07. The molecule has 0 saturated carbocycles. The molecule has 3 heterocycles. The Morgan fingerprint density at radius 1 is 0.935 bits per heavy atom. The van der Waals surface area contributed by atoms with Crippen LogP contribution in [0.3, 0.4) is 0 Å². The molecule has 0 radical (unpaired) electrons. The summed E-state index contributed by atoms with van der Waals surface area (Å²) in [6.45, 7) is 5.72. The van der Waals surface area contributed by atoms with Crippen molar-refractivity contribution in [3.05, 3.63) is 59.7 Å². The molecule has 164 valence electrons. The molecular formula is C26H32N2O3. The van der Waals surface area contributed by atoms with E-state index in [1.54, 1.807) is 0 Å². The van der Waals surface area contributed by atoms with Crippen LogP contribution in [0.5, 0.6) is 11.5 Å². The number of piperidine rings is 2. The van der Waals surface area contributed by atoms with Gasteiger partial charge < -0.3 is 14.4 Å². The van der Waals surface area contributed by atoms with Crippen LogP contribution in [0.2, 0.25) is 0 Å². The number of carbonyl (C=O) groups is 1. The highest BCUT2D eigenvalue weighted by Gasteiger charge is 2.32. The Hall–Kier alpha value is -2.37. The van der Waals surface area contributed by atoms with Gasteiger partial charge in [-0.25, -0.2) is 0 Å². The lowest BCUT2D eigenvalue weighted by Crippen LogP contribution is -2.49. The minimum absolute atomic E-state index is 0.0882. The molecule has 2 saturated heterocycles. The van der Waals surface area contributed by atoms with E-state index in [4.69, 9.17) is 9.47 Å². The number of fused-ring (bicyclic) bond motifs is 1. The van der Waals surface area contributed by atoms with Crippen molar-refractivity contribution in [1.82, 2.24) is 9.80 Å². The summed E-state index contributed by atoms with van der Waals surface area (Å²) in [5.74, 6) is 1.77. The van der Waals surface area contributed by atoms with Gasteiger partial charge in [0, 0.05) is 30.6 Å². The summed E-state index contributed by atoms with van der Waals surface area (Å²) < 4.78 is 10.8. The number of carbonyl (C=O) groups excluding carboxylic acids is 1. The van der Waals surface area contributed by atoms with Crippen LogP contribution in [0.1, 0.15) is 41.6 Å². The maximum atomic E-state index is 13.2. The summed E-state index contributed by atoms with van der Waals surface area (Å²) in [5, 5.41) is 0. The topological polar surface area (TPSA) is 42.0 Å². The summed E-state index contributed by atoms with van der Waals surface area (Å²) in [6.07, 6.45) is 5.63. The average molecular weight is 421 g/mol.